The van der Waals surface area contributed by atoms with E-state index in [1.54, 1.807) is 23.5 Å². The molecule has 68 heavy (non-hydrogen) atoms. The zero-order valence-corrected chi connectivity index (χ0v) is 39.4. The number of halogens is 8. The molecule has 2 aromatic carbocycles. The Labute approximate surface area is 395 Å². The molecule has 6 heterocycles. The van der Waals surface area contributed by atoms with Gasteiger partial charge >= 0.3 is 12.4 Å². The molecule has 6 aromatic rings. The molecular formula is C46H50F8N10O2S2. The van der Waals surface area contributed by atoms with Crippen LogP contribution >= 0.6 is 23.5 Å². The fraction of sp³-hybridized carbons (Fsp3) is 0.522. The monoisotopic (exact) mass is 990 g/mol. The first-order valence-electron chi connectivity index (χ1n) is 22.4. The highest BCUT2D eigenvalue weighted by molar-refractivity contribution is 7.99. The van der Waals surface area contributed by atoms with Gasteiger partial charge in [-0.2, -0.15) is 26.3 Å². The normalized spacial score (nSPS) is 22.7. The third kappa shape index (κ3) is 9.96. The van der Waals surface area contributed by atoms with Gasteiger partial charge in [-0.1, -0.05) is 35.7 Å². The average molecular weight is 991 g/mol. The predicted octanol–water partition coefficient (Wildman–Crippen LogP) is 10.6. The van der Waals surface area contributed by atoms with Gasteiger partial charge in [-0.05, 0) is 137 Å². The minimum Gasteiger partial charge on any atom is -0.440 e. The number of rotatable bonds is 14. The SMILES string of the molecule is Cc1ncoc1-c1nnc(SCCCN2CC[C@@]3(C[C@@H]3c3ccc(C(F)(F)F)cc3F)C2)n1C.Cc1ncoc1-c1nnc(SCCCN2CC[C@]3(C[C@H]3c3ccc(C(F)(F)F)cc3F)C2)n1C. The molecule has 0 bridgehead atoms. The van der Waals surface area contributed by atoms with Gasteiger partial charge in [-0.3, -0.25) is 0 Å². The molecule has 4 atom stereocenters. The second-order valence-corrected chi connectivity index (χ2v) is 20.6. The summed E-state index contributed by atoms with van der Waals surface area (Å²) in [6.45, 7) is 9.15. The number of alkyl halides is 6. The standard InChI is InChI=1S/2C23H25F4N5OS/c2*1-14-19(33-13-28-14)20-29-30-21(31(20)2)34-9-3-7-32-8-6-22(12-32)11-17(22)16-5-4-15(10-18(16)24)23(25,26)27/h2*4-5,10,13,17H,3,6-9,11-12H2,1-2H3/t2*17-,22-/m10/s1. The molecule has 10 rings (SSSR count). The summed E-state index contributed by atoms with van der Waals surface area (Å²) >= 11 is 3.26. The van der Waals surface area contributed by atoms with Gasteiger partial charge < -0.3 is 27.8 Å². The van der Waals surface area contributed by atoms with Crippen molar-refractivity contribution in [3.05, 3.63) is 94.5 Å². The molecule has 364 valence electrons. The van der Waals surface area contributed by atoms with Crippen LogP contribution in [0.25, 0.3) is 23.2 Å². The summed E-state index contributed by atoms with van der Waals surface area (Å²) in [4.78, 5) is 12.9. The number of hydrogen-bond acceptors (Lipinski definition) is 12. The molecule has 0 unspecified atom stereocenters. The highest BCUT2D eigenvalue weighted by atomic mass is 32.2. The van der Waals surface area contributed by atoms with E-state index in [1.807, 2.05) is 37.1 Å². The van der Waals surface area contributed by atoms with Crippen molar-refractivity contribution in [2.75, 3.05) is 50.8 Å². The maximum absolute atomic E-state index is 14.4. The Kier molecular flexibility index (Phi) is 13.4. The van der Waals surface area contributed by atoms with Gasteiger partial charge in [0.15, 0.2) is 34.6 Å². The first kappa shape index (κ1) is 48.2. The highest BCUT2D eigenvalue weighted by Crippen LogP contribution is 2.65. The predicted molar refractivity (Wildman–Crippen MR) is 238 cm³/mol. The van der Waals surface area contributed by atoms with Gasteiger partial charge in [0.1, 0.15) is 11.6 Å². The molecule has 2 saturated carbocycles. The maximum atomic E-state index is 14.4. The first-order chi connectivity index (χ1) is 32.4. The van der Waals surface area contributed by atoms with E-state index in [1.165, 1.54) is 24.9 Å². The summed E-state index contributed by atoms with van der Waals surface area (Å²) in [5.41, 5.74) is 0.521. The fourth-order valence-electron chi connectivity index (χ4n) is 10.0. The smallest absolute Gasteiger partial charge is 0.416 e. The summed E-state index contributed by atoms with van der Waals surface area (Å²) in [6.07, 6.45) is -0.756. The largest absolute Gasteiger partial charge is 0.440 e. The first-order valence-corrected chi connectivity index (χ1v) is 24.4. The number of likely N-dealkylation sites (tertiary alicyclic amines) is 2. The lowest BCUT2D eigenvalue weighted by atomic mass is 9.97. The summed E-state index contributed by atoms with van der Waals surface area (Å²) in [5.74, 6) is 2.81. The molecule has 22 heteroatoms. The average Bonchev–Trinajstić information content (AvgIpc) is 3.66. The van der Waals surface area contributed by atoms with Crippen molar-refractivity contribution in [1.29, 1.82) is 0 Å². The van der Waals surface area contributed by atoms with Crippen LogP contribution in [-0.2, 0) is 26.4 Å². The third-order valence-electron chi connectivity index (χ3n) is 14.0. The zero-order valence-electron chi connectivity index (χ0n) is 37.8. The molecule has 4 fully saturated rings. The molecule has 4 aliphatic rings. The summed E-state index contributed by atoms with van der Waals surface area (Å²) in [7, 11) is 3.80. The molecule has 0 N–H and O–H groups in total. The Hall–Kier alpha value is -4.80. The Morgan fingerprint density at radius 1 is 0.632 bits per heavy atom. The van der Waals surface area contributed by atoms with Gasteiger partial charge in [-0.15, -0.1) is 20.4 Å². The van der Waals surface area contributed by atoms with Crippen molar-refractivity contribution in [2.24, 2.45) is 24.9 Å². The van der Waals surface area contributed by atoms with E-state index in [9.17, 15) is 35.1 Å². The number of benzene rings is 2. The molecule has 0 amide bonds. The lowest BCUT2D eigenvalue weighted by molar-refractivity contribution is -0.138. The van der Waals surface area contributed by atoms with Crippen LogP contribution in [0.4, 0.5) is 35.1 Å². The highest BCUT2D eigenvalue weighted by Gasteiger charge is 2.59. The van der Waals surface area contributed by atoms with Crippen LogP contribution in [0, 0.1) is 36.3 Å². The van der Waals surface area contributed by atoms with E-state index in [2.05, 4.69) is 40.2 Å². The van der Waals surface area contributed by atoms with Crippen LogP contribution in [-0.4, -0.2) is 100 Å². The Morgan fingerprint density at radius 3 is 1.40 bits per heavy atom. The lowest BCUT2D eigenvalue weighted by Crippen LogP contribution is -2.23. The van der Waals surface area contributed by atoms with Gasteiger partial charge in [0.05, 0.1) is 22.5 Å². The summed E-state index contributed by atoms with van der Waals surface area (Å²) in [5, 5.41) is 18.6. The van der Waals surface area contributed by atoms with Crippen LogP contribution in [0.3, 0.4) is 0 Å². The molecule has 2 saturated heterocycles. The fourth-order valence-corrected chi connectivity index (χ4v) is 11.7. The summed E-state index contributed by atoms with van der Waals surface area (Å²) in [6, 6.07) is 5.91. The molecule has 2 aliphatic carbocycles. The Balaban J connectivity index is 0.000000170. The van der Waals surface area contributed by atoms with E-state index >= 15 is 0 Å². The van der Waals surface area contributed by atoms with Crippen molar-refractivity contribution in [3.63, 3.8) is 0 Å². The Bertz CT molecular complexity index is 2570. The number of aryl methyl sites for hydroxylation is 2. The van der Waals surface area contributed by atoms with E-state index in [0.29, 0.717) is 46.4 Å². The lowest BCUT2D eigenvalue weighted by Gasteiger charge is -2.16. The molecule has 12 nitrogen and oxygen atoms in total. The minimum absolute atomic E-state index is 0.00115. The molecule has 0 radical (unpaired) electrons. The van der Waals surface area contributed by atoms with Gasteiger partial charge in [0, 0.05) is 38.7 Å². The van der Waals surface area contributed by atoms with Crippen LogP contribution < -0.4 is 0 Å². The molecule has 2 aliphatic heterocycles. The van der Waals surface area contributed by atoms with Crippen molar-refractivity contribution in [2.45, 2.75) is 86.9 Å². The maximum Gasteiger partial charge on any atom is 0.416 e. The van der Waals surface area contributed by atoms with Crippen LogP contribution in [0.15, 0.2) is 68.3 Å². The second kappa shape index (κ2) is 18.8. The van der Waals surface area contributed by atoms with Crippen LogP contribution in [0.5, 0.6) is 0 Å². The van der Waals surface area contributed by atoms with Crippen molar-refractivity contribution >= 4 is 23.5 Å². The quantitative estimate of drug-likeness (QED) is 0.0587. The Morgan fingerprint density at radius 2 is 1.04 bits per heavy atom. The van der Waals surface area contributed by atoms with E-state index in [4.69, 9.17) is 8.83 Å². The topological polar surface area (TPSA) is 120 Å². The van der Waals surface area contributed by atoms with Crippen LogP contribution in [0.1, 0.15) is 84.0 Å². The number of nitrogens with zero attached hydrogens (tertiary/aromatic N) is 10. The van der Waals surface area contributed by atoms with E-state index in [-0.39, 0.29) is 22.7 Å². The van der Waals surface area contributed by atoms with Crippen molar-refractivity contribution < 1.29 is 44.0 Å². The minimum atomic E-state index is -4.52. The van der Waals surface area contributed by atoms with E-state index in [0.717, 1.165) is 123 Å². The summed E-state index contributed by atoms with van der Waals surface area (Å²) < 4.78 is 120. The molecule has 2 spiro atoms. The van der Waals surface area contributed by atoms with Crippen molar-refractivity contribution in [1.82, 2.24) is 49.3 Å². The van der Waals surface area contributed by atoms with Gasteiger partial charge in [0.25, 0.3) is 0 Å². The molecular weight excluding hydrogens is 941 g/mol. The third-order valence-corrected chi connectivity index (χ3v) is 16.2. The van der Waals surface area contributed by atoms with E-state index < -0.39 is 35.1 Å². The zero-order chi connectivity index (χ0) is 48.2. The number of oxazole rings is 2. The number of thioether (sulfide) groups is 2. The van der Waals surface area contributed by atoms with Crippen LogP contribution in [0.2, 0.25) is 0 Å². The second-order valence-electron chi connectivity index (χ2n) is 18.4. The molecule has 4 aromatic heterocycles. The van der Waals surface area contributed by atoms with Gasteiger partial charge in [0.2, 0.25) is 11.6 Å². The number of aromatic nitrogens is 8. The van der Waals surface area contributed by atoms with Crippen molar-refractivity contribution in [3.8, 4) is 23.2 Å². The number of hydrogen-bond donors (Lipinski definition) is 0. The van der Waals surface area contributed by atoms with Gasteiger partial charge in [-0.25, -0.2) is 18.7 Å².